The van der Waals surface area contributed by atoms with Gasteiger partial charge in [0.1, 0.15) is 6.61 Å². The van der Waals surface area contributed by atoms with Crippen LogP contribution in [0.15, 0.2) is 0 Å². The van der Waals surface area contributed by atoms with Crippen LogP contribution in [0.4, 0.5) is 0 Å². The molecule has 0 aliphatic rings. The molecule has 0 heterocycles. The second-order valence-corrected chi connectivity index (χ2v) is 3.77. The van der Waals surface area contributed by atoms with E-state index < -0.39 is 0 Å². The Morgan fingerprint density at radius 3 is 2.38 bits per heavy atom. The number of rotatable bonds is 7. The predicted molar refractivity (Wildman–Crippen MR) is 62.0 cm³/mol. The number of carbonyl (C=O) groups excluding carboxylic acids is 2. The number of hydrogen-bond donors (Lipinski definition) is 1. The van der Waals surface area contributed by atoms with Crippen molar-refractivity contribution in [3.63, 3.8) is 0 Å². The van der Waals surface area contributed by atoms with Crippen LogP contribution in [-0.4, -0.2) is 49.1 Å². The highest BCUT2D eigenvalue weighted by molar-refractivity contribution is 5.85. The van der Waals surface area contributed by atoms with Crippen molar-refractivity contribution in [1.82, 2.24) is 10.2 Å². The highest BCUT2D eigenvalue weighted by Gasteiger charge is 2.15. The van der Waals surface area contributed by atoms with Gasteiger partial charge in [-0.05, 0) is 27.7 Å². The quantitative estimate of drug-likeness (QED) is 0.688. The van der Waals surface area contributed by atoms with Crippen molar-refractivity contribution in [1.29, 1.82) is 0 Å². The van der Waals surface area contributed by atoms with Gasteiger partial charge < -0.3 is 15.0 Å². The highest BCUT2D eigenvalue weighted by Crippen LogP contribution is 1.91. The van der Waals surface area contributed by atoms with Crippen LogP contribution in [0.5, 0.6) is 0 Å². The van der Waals surface area contributed by atoms with Gasteiger partial charge >= 0.3 is 0 Å². The monoisotopic (exact) mass is 230 g/mol. The van der Waals surface area contributed by atoms with Gasteiger partial charge in [-0.1, -0.05) is 0 Å². The fourth-order valence-electron chi connectivity index (χ4n) is 1.20. The summed E-state index contributed by atoms with van der Waals surface area (Å²) in [5.74, 6) is -0.287. The van der Waals surface area contributed by atoms with Crippen molar-refractivity contribution < 1.29 is 14.3 Å². The van der Waals surface area contributed by atoms with Gasteiger partial charge in [-0.25, -0.2) is 0 Å². The Morgan fingerprint density at radius 1 is 1.31 bits per heavy atom. The summed E-state index contributed by atoms with van der Waals surface area (Å²) >= 11 is 0. The van der Waals surface area contributed by atoms with Gasteiger partial charge in [0.15, 0.2) is 0 Å². The molecule has 16 heavy (non-hydrogen) atoms. The van der Waals surface area contributed by atoms with Crippen molar-refractivity contribution in [2.24, 2.45) is 0 Å². The van der Waals surface area contributed by atoms with E-state index in [1.807, 2.05) is 27.7 Å². The number of likely N-dealkylation sites (N-methyl/N-ethyl adjacent to an activating group) is 1. The molecule has 2 amide bonds. The molecular formula is C11H22N2O3. The van der Waals surface area contributed by atoms with Gasteiger partial charge in [0.05, 0.1) is 6.54 Å². The van der Waals surface area contributed by atoms with Crippen LogP contribution in [0.1, 0.15) is 27.7 Å². The molecule has 5 nitrogen and oxygen atoms in total. The van der Waals surface area contributed by atoms with Crippen LogP contribution in [-0.2, 0) is 14.3 Å². The molecule has 94 valence electrons. The maximum absolute atomic E-state index is 11.6. The summed E-state index contributed by atoms with van der Waals surface area (Å²) in [6.45, 7) is 8.59. The van der Waals surface area contributed by atoms with Crippen LogP contribution >= 0.6 is 0 Å². The Labute approximate surface area is 97.1 Å². The molecule has 0 spiro atoms. The van der Waals surface area contributed by atoms with E-state index in [-0.39, 0.29) is 31.0 Å². The molecule has 0 bridgehead atoms. The fourth-order valence-corrected chi connectivity index (χ4v) is 1.20. The molecule has 0 rings (SSSR count). The largest absolute Gasteiger partial charge is 0.372 e. The number of nitrogens with zero attached hydrogens (tertiary/aromatic N) is 1. The van der Waals surface area contributed by atoms with Crippen molar-refractivity contribution in [3.05, 3.63) is 0 Å². The normalized spacial score (nSPS) is 10.3. The zero-order valence-corrected chi connectivity index (χ0v) is 10.6. The van der Waals surface area contributed by atoms with E-state index in [9.17, 15) is 9.59 Å². The molecule has 0 fully saturated rings. The first-order valence-corrected chi connectivity index (χ1v) is 5.66. The molecule has 0 aromatic rings. The Kier molecular flexibility index (Phi) is 7.54. The average Bonchev–Trinajstić information content (AvgIpc) is 2.21. The van der Waals surface area contributed by atoms with Gasteiger partial charge in [-0.2, -0.15) is 0 Å². The molecule has 5 heteroatoms. The van der Waals surface area contributed by atoms with E-state index in [0.717, 1.165) is 0 Å². The summed E-state index contributed by atoms with van der Waals surface area (Å²) in [7, 11) is 0. The average molecular weight is 230 g/mol. The van der Waals surface area contributed by atoms with Crippen LogP contribution in [0.2, 0.25) is 0 Å². The zero-order valence-electron chi connectivity index (χ0n) is 10.6. The lowest BCUT2D eigenvalue weighted by Crippen LogP contribution is -2.43. The Morgan fingerprint density at radius 2 is 1.94 bits per heavy atom. The third kappa shape index (κ3) is 6.40. The summed E-state index contributed by atoms with van der Waals surface area (Å²) in [6.07, 6.45) is 0. The van der Waals surface area contributed by atoms with E-state index in [1.165, 1.54) is 4.90 Å². The summed E-state index contributed by atoms with van der Waals surface area (Å²) < 4.78 is 5.02. The SMILES string of the molecule is CCOCC(=O)N(CC)CC(=O)NC(C)C. The van der Waals surface area contributed by atoms with Crippen LogP contribution in [0, 0.1) is 0 Å². The number of nitrogens with one attached hydrogen (secondary N) is 1. The Balaban J connectivity index is 4.08. The number of ether oxygens (including phenoxy) is 1. The summed E-state index contributed by atoms with van der Waals surface area (Å²) in [4.78, 5) is 24.5. The molecule has 0 saturated carbocycles. The van der Waals surface area contributed by atoms with E-state index >= 15 is 0 Å². The number of carbonyl (C=O) groups is 2. The molecule has 0 aliphatic carbocycles. The van der Waals surface area contributed by atoms with Gasteiger partial charge in [0.25, 0.3) is 0 Å². The minimum atomic E-state index is -0.150. The van der Waals surface area contributed by atoms with Crippen molar-refractivity contribution in [2.75, 3.05) is 26.3 Å². The minimum absolute atomic E-state index is 0.0410. The Bertz CT molecular complexity index is 229. The second kappa shape index (κ2) is 8.10. The van der Waals surface area contributed by atoms with Gasteiger partial charge in [-0.3, -0.25) is 9.59 Å². The molecular weight excluding hydrogens is 208 g/mol. The van der Waals surface area contributed by atoms with Crippen molar-refractivity contribution in [2.45, 2.75) is 33.7 Å². The first-order chi connectivity index (χ1) is 7.51. The minimum Gasteiger partial charge on any atom is -0.372 e. The van der Waals surface area contributed by atoms with Crippen LogP contribution < -0.4 is 5.32 Å². The van der Waals surface area contributed by atoms with Gasteiger partial charge in [-0.15, -0.1) is 0 Å². The smallest absolute Gasteiger partial charge is 0.249 e. The summed E-state index contributed by atoms with van der Waals surface area (Å²) in [5.41, 5.74) is 0. The van der Waals surface area contributed by atoms with Gasteiger partial charge in [0.2, 0.25) is 11.8 Å². The lowest BCUT2D eigenvalue weighted by molar-refractivity contribution is -0.139. The topological polar surface area (TPSA) is 58.6 Å². The molecule has 0 unspecified atom stereocenters. The van der Waals surface area contributed by atoms with Gasteiger partial charge in [0, 0.05) is 19.2 Å². The third-order valence-corrected chi connectivity index (χ3v) is 1.95. The number of amides is 2. The van der Waals surface area contributed by atoms with E-state index in [2.05, 4.69) is 5.32 Å². The molecule has 0 aliphatic heterocycles. The third-order valence-electron chi connectivity index (χ3n) is 1.95. The molecule has 1 N–H and O–H groups in total. The summed E-state index contributed by atoms with van der Waals surface area (Å²) in [6, 6.07) is 0.0909. The second-order valence-electron chi connectivity index (χ2n) is 3.77. The first kappa shape index (κ1) is 14.9. The first-order valence-electron chi connectivity index (χ1n) is 5.66. The van der Waals surface area contributed by atoms with Crippen LogP contribution in [0.25, 0.3) is 0 Å². The van der Waals surface area contributed by atoms with E-state index in [1.54, 1.807) is 0 Å². The van der Waals surface area contributed by atoms with Crippen molar-refractivity contribution >= 4 is 11.8 Å². The predicted octanol–water partition coefficient (Wildman–Crippen LogP) is 0.396. The zero-order chi connectivity index (χ0) is 12.6. The van der Waals surface area contributed by atoms with E-state index in [0.29, 0.717) is 13.2 Å². The standard InChI is InChI=1S/C11H22N2O3/c1-5-13(11(15)8-16-6-2)7-10(14)12-9(3)4/h9H,5-8H2,1-4H3,(H,12,14). The van der Waals surface area contributed by atoms with Crippen LogP contribution in [0.3, 0.4) is 0 Å². The lowest BCUT2D eigenvalue weighted by Gasteiger charge is -2.20. The fraction of sp³-hybridized carbons (Fsp3) is 0.818. The molecule has 0 aromatic carbocycles. The molecule has 0 atom stereocenters. The Hall–Kier alpha value is -1.10. The van der Waals surface area contributed by atoms with E-state index in [4.69, 9.17) is 4.74 Å². The molecule has 0 saturated heterocycles. The maximum Gasteiger partial charge on any atom is 0.249 e. The number of hydrogen-bond acceptors (Lipinski definition) is 3. The highest BCUT2D eigenvalue weighted by atomic mass is 16.5. The van der Waals surface area contributed by atoms with Crippen molar-refractivity contribution in [3.8, 4) is 0 Å². The summed E-state index contributed by atoms with van der Waals surface area (Å²) in [5, 5.41) is 2.74. The molecule has 0 aromatic heterocycles. The molecule has 0 radical (unpaired) electrons. The lowest BCUT2D eigenvalue weighted by atomic mass is 10.3. The maximum atomic E-state index is 11.6.